The zero-order valence-corrected chi connectivity index (χ0v) is 37.7. The van der Waals surface area contributed by atoms with E-state index < -0.39 is 0 Å². The molecule has 324 valence electrons. The number of para-hydroxylation sites is 7. The van der Waals surface area contributed by atoms with Crippen molar-refractivity contribution in [3.8, 4) is 61.3 Å². The molecule has 11 aromatic carbocycles. The SMILES string of the molecule is c1ccc(-c2cccc(-c3ccccc3N(c3ccc(-c4cccc5c4oc4ccccc45)cc3)c3ccccc3-c3cccc(-c4ccccc4-n4c5ccccc5c5ccccc54)c3)c2)cc1. The van der Waals surface area contributed by atoms with Gasteiger partial charge in [-0.1, -0.05) is 206 Å². The number of nitrogens with zero attached hydrogens (tertiary/aromatic N) is 2. The fraction of sp³-hybridized carbons (Fsp3) is 0. The first-order valence-corrected chi connectivity index (χ1v) is 23.6. The third kappa shape index (κ3) is 6.99. The summed E-state index contributed by atoms with van der Waals surface area (Å²) in [7, 11) is 0. The first-order chi connectivity index (χ1) is 34.2. The van der Waals surface area contributed by atoms with Gasteiger partial charge in [0.2, 0.25) is 0 Å². The first-order valence-electron chi connectivity index (χ1n) is 23.6. The quantitative estimate of drug-likeness (QED) is 0.144. The lowest BCUT2D eigenvalue weighted by molar-refractivity contribution is 0.670. The summed E-state index contributed by atoms with van der Waals surface area (Å²) in [6.45, 7) is 0. The van der Waals surface area contributed by atoms with E-state index in [0.717, 1.165) is 83.6 Å². The van der Waals surface area contributed by atoms with Crippen LogP contribution >= 0.6 is 0 Å². The Bertz CT molecular complexity index is 3970. The summed E-state index contributed by atoms with van der Waals surface area (Å²) in [5, 5.41) is 4.74. The van der Waals surface area contributed by atoms with Gasteiger partial charge in [-0.15, -0.1) is 0 Å². The second-order valence-electron chi connectivity index (χ2n) is 17.6. The van der Waals surface area contributed by atoms with E-state index in [1.807, 2.05) is 12.1 Å². The van der Waals surface area contributed by atoms with Crippen LogP contribution in [0.3, 0.4) is 0 Å². The summed E-state index contributed by atoms with van der Waals surface area (Å²) in [6.07, 6.45) is 0. The lowest BCUT2D eigenvalue weighted by atomic mass is 9.94. The predicted octanol–water partition coefficient (Wildman–Crippen LogP) is 18.5. The average molecular weight is 881 g/mol. The molecule has 0 saturated heterocycles. The molecule has 0 aliphatic rings. The number of furan rings is 1. The number of aromatic nitrogens is 1. The third-order valence-corrected chi connectivity index (χ3v) is 13.6. The lowest BCUT2D eigenvalue weighted by Gasteiger charge is -2.30. The highest BCUT2D eigenvalue weighted by molar-refractivity contribution is 6.11. The Hall–Kier alpha value is -9.18. The van der Waals surface area contributed by atoms with E-state index in [0.29, 0.717) is 0 Å². The highest BCUT2D eigenvalue weighted by atomic mass is 16.3. The second-order valence-corrected chi connectivity index (χ2v) is 17.6. The van der Waals surface area contributed by atoms with Gasteiger partial charge in [-0.25, -0.2) is 0 Å². The average Bonchev–Trinajstić information content (AvgIpc) is 3.98. The van der Waals surface area contributed by atoms with Gasteiger partial charge in [-0.3, -0.25) is 0 Å². The number of hydrogen-bond acceptors (Lipinski definition) is 2. The Labute approximate surface area is 401 Å². The van der Waals surface area contributed by atoms with Crippen molar-refractivity contribution in [2.24, 2.45) is 0 Å². The van der Waals surface area contributed by atoms with Crippen LogP contribution in [0.1, 0.15) is 0 Å². The molecular formula is C66H44N2O. The van der Waals surface area contributed by atoms with E-state index in [4.69, 9.17) is 4.42 Å². The zero-order chi connectivity index (χ0) is 45.7. The van der Waals surface area contributed by atoms with Gasteiger partial charge in [-0.2, -0.15) is 0 Å². The number of fused-ring (bicyclic) bond motifs is 6. The van der Waals surface area contributed by atoms with E-state index in [2.05, 4.69) is 264 Å². The van der Waals surface area contributed by atoms with Crippen molar-refractivity contribution in [1.82, 2.24) is 4.57 Å². The van der Waals surface area contributed by atoms with Crippen molar-refractivity contribution in [1.29, 1.82) is 0 Å². The van der Waals surface area contributed by atoms with Crippen molar-refractivity contribution >= 4 is 60.8 Å². The normalized spacial score (nSPS) is 11.5. The molecule has 13 aromatic rings. The van der Waals surface area contributed by atoms with Crippen molar-refractivity contribution in [3.63, 3.8) is 0 Å². The summed E-state index contributed by atoms with van der Waals surface area (Å²) in [5.74, 6) is 0. The topological polar surface area (TPSA) is 21.3 Å². The minimum Gasteiger partial charge on any atom is -0.455 e. The van der Waals surface area contributed by atoms with Gasteiger partial charge in [-0.05, 0) is 94.0 Å². The van der Waals surface area contributed by atoms with E-state index >= 15 is 0 Å². The molecule has 0 N–H and O–H groups in total. The molecular weight excluding hydrogens is 837 g/mol. The molecule has 0 atom stereocenters. The molecule has 0 unspecified atom stereocenters. The number of hydrogen-bond donors (Lipinski definition) is 0. The maximum Gasteiger partial charge on any atom is 0.143 e. The number of benzene rings is 11. The highest BCUT2D eigenvalue weighted by Crippen LogP contribution is 2.47. The largest absolute Gasteiger partial charge is 0.455 e. The van der Waals surface area contributed by atoms with Crippen LogP contribution in [-0.4, -0.2) is 4.57 Å². The van der Waals surface area contributed by atoms with Gasteiger partial charge in [0.05, 0.1) is 28.1 Å². The van der Waals surface area contributed by atoms with Crippen LogP contribution < -0.4 is 4.90 Å². The van der Waals surface area contributed by atoms with Crippen LogP contribution in [0.15, 0.2) is 271 Å². The van der Waals surface area contributed by atoms with Crippen molar-refractivity contribution in [3.05, 3.63) is 267 Å². The van der Waals surface area contributed by atoms with E-state index in [-0.39, 0.29) is 0 Å². The van der Waals surface area contributed by atoms with E-state index in [1.54, 1.807) is 0 Å². The van der Waals surface area contributed by atoms with Gasteiger partial charge < -0.3 is 13.9 Å². The molecule has 0 spiro atoms. The molecule has 0 bridgehead atoms. The molecule has 2 aromatic heterocycles. The van der Waals surface area contributed by atoms with Crippen LogP contribution in [-0.2, 0) is 0 Å². The standard InChI is InChI=1S/C66H44N2O/c1-2-19-45(20-3-1)47-21-16-22-48(43-47)52-25-4-10-33-60(52)67(51-41-39-46(40-42-51)55-31-18-32-59-58-30-9-15-38-65(58)69-66(55)59)61-34-11-5-26-53(61)49-23-17-24-50(44-49)54-27-6-12-35-62(54)68-63-36-13-7-28-56(63)57-29-8-14-37-64(57)68/h1-44H. The fourth-order valence-corrected chi connectivity index (χ4v) is 10.4. The van der Waals surface area contributed by atoms with Crippen LogP contribution in [0.4, 0.5) is 17.1 Å². The van der Waals surface area contributed by atoms with Crippen molar-refractivity contribution in [2.45, 2.75) is 0 Å². The summed E-state index contributed by atoms with van der Waals surface area (Å²) in [4.78, 5) is 2.43. The first kappa shape index (κ1) is 40.1. The molecule has 13 rings (SSSR count). The Kier molecular flexibility index (Phi) is 9.84. The Morgan fingerprint density at radius 3 is 1.43 bits per heavy atom. The predicted molar refractivity (Wildman–Crippen MR) is 290 cm³/mol. The monoisotopic (exact) mass is 880 g/mol. The molecule has 2 heterocycles. The van der Waals surface area contributed by atoms with Gasteiger partial charge >= 0.3 is 0 Å². The van der Waals surface area contributed by atoms with Crippen LogP contribution in [0, 0.1) is 0 Å². The lowest BCUT2D eigenvalue weighted by Crippen LogP contribution is -2.12. The molecule has 0 aliphatic heterocycles. The van der Waals surface area contributed by atoms with Crippen LogP contribution in [0.25, 0.3) is 105 Å². The Morgan fingerprint density at radius 1 is 0.290 bits per heavy atom. The van der Waals surface area contributed by atoms with Crippen LogP contribution in [0.2, 0.25) is 0 Å². The van der Waals surface area contributed by atoms with Crippen LogP contribution in [0.5, 0.6) is 0 Å². The smallest absolute Gasteiger partial charge is 0.143 e. The molecule has 3 heteroatoms. The van der Waals surface area contributed by atoms with Gasteiger partial charge in [0.15, 0.2) is 0 Å². The van der Waals surface area contributed by atoms with Gasteiger partial charge in [0, 0.05) is 49.5 Å². The molecule has 0 fully saturated rings. The number of rotatable bonds is 9. The second kappa shape index (κ2) is 16.9. The Morgan fingerprint density at radius 2 is 0.754 bits per heavy atom. The highest BCUT2D eigenvalue weighted by Gasteiger charge is 2.22. The maximum atomic E-state index is 6.52. The minimum absolute atomic E-state index is 0.895. The van der Waals surface area contributed by atoms with Crippen molar-refractivity contribution < 1.29 is 4.42 Å². The third-order valence-electron chi connectivity index (χ3n) is 13.6. The molecule has 69 heavy (non-hydrogen) atoms. The summed E-state index contributed by atoms with van der Waals surface area (Å²) in [5.41, 5.74) is 19.9. The molecule has 0 aliphatic carbocycles. The van der Waals surface area contributed by atoms with E-state index in [1.165, 1.54) is 38.5 Å². The molecule has 0 amide bonds. The molecule has 0 saturated carbocycles. The summed E-state index contributed by atoms with van der Waals surface area (Å²) >= 11 is 0. The van der Waals surface area contributed by atoms with Gasteiger partial charge in [0.1, 0.15) is 11.2 Å². The Balaban J connectivity index is 0.973. The molecule has 0 radical (unpaired) electrons. The number of anilines is 3. The van der Waals surface area contributed by atoms with Gasteiger partial charge in [0.25, 0.3) is 0 Å². The maximum absolute atomic E-state index is 6.52. The molecule has 3 nitrogen and oxygen atoms in total. The van der Waals surface area contributed by atoms with E-state index in [9.17, 15) is 0 Å². The summed E-state index contributed by atoms with van der Waals surface area (Å²) < 4.78 is 8.94. The van der Waals surface area contributed by atoms with Crippen molar-refractivity contribution in [2.75, 3.05) is 4.90 Å². The minimum atomic E-state index is 0.895. The summed E-state index contributed by atoms with van der Waals surface area (Å²) in [6, 6.07) is 96.2. The fourth-order valence-electron chi connectivity index (χ4n) is 10.4. The zero-order valence-electron chi connectivity index (χ0n) is 37.7.